The van der Waals surface area contributed by atoms with Gasteiger partial charge in [0.2, 0.25) is 21.8 Å². The Morgan fingerprint density at radius 3 is 2.84 bits per heavy atom. The van der Waals surface area contributed by atoms with Crippen molar-refractivity contribution in [3.63, 3.8) is 0 Å². The third-order valence-electron chi connectivity index (χ3n) is 5.01. The second-order valence-electron chi connectivity index (χ2n) is 7.86. The Morgan fingerprint density at radius 2 is 2.16 bits per heavy atom. The summed E-state index contributed by atoms with van der Waals surface area (Å²) in [6.45, 7) is 1.83. The molecule has 11 nitrogen and oxygen atoms in total. The molecule has 2 heterocycles. The summed E-state index contributed by atoms with van der Waals surface area (Å²) in [6, 6.07) is 2.97. The van der Waals surface area contributed by atoms with Crippen LogP contribution in [-0.4, -0.2) is 48.5 Å². The quantitative estimate of drug-likeness (QED) is 0.497. The van der Waals surface area contributed by atoms with Gasteiger partial charge < -0.3 is 14.2 Å². The molecule has 2 aliphatic rings. The van der Waals surface area contributed by atoms with Gasteiger partial charge in [0.05, 0.1) is 13.2 Å². The van der Waals surface area contributed by atoms with E-state index in [9.17, 15) is 22.4 Å². The third kappa shape index (κ3) is 5.59. The van der Waals surface area contributed by atoms with Crippen molar-refractivity contribution in [2.45, 2.75) is 38.1 Å². The Hall–Kier alpha value is -3.06. The van der Waals surface area contributed by atoms with Gasteiger partial charge in [-0.1, -0.05) is 11.2 Å². The Balaban J connectivity index is 1.36. The number of sulfonamides is 1. The first-order valence-corrected chi connectivity index (χ1v) is 11.7. The van der Waals surface area contributed by atoms with Gasteiger partial charge in [-0.05, 0) is 43.4 Å². The summed E-state index contributed by atoms with van der Waals surface area (Å²) >= 11 is 0. The van der Waals surface area contributed by atoms with E-state index in [0.717, 1.165) is 12.8 Å². The predicted octanol–water partition coefficient (Wildman–Crippen LogP) is 1.23. The van der Waals surface area contributed by atoms with Crippen LogP contribution in [0.25, 0.3) is 0 Å². The van der Waals surface area contributed by atoms with E-state index in [1.165, 1.54) is 23.1 Å². The maximum Gasteiger partial charge on any atom is 0.324 e. The van der Waals surface area contributed by atoms with Crippen molar-refractivity contribution in [1.82, 2.24) is 25.1 Å². The molecule has 13 heteroatoms. The molecule has 1 aromatic carbocycles. The number of carbonyl (C=O) groups excluding carboxylic acids is 2. The zero-order chi connectivity index (χ0) is 22.9. The monoisotopic (exact) mass is 467 g/mol. The molecule has 0 unspecified atom stereocenters. The lowest BCUT2D eigenvalue weighted by Crippen LogP contribution is -2.28. The average molecular weight is 467 g/mol. The molecular weight excluding hydrogens is 445 g/mol. The number of benzene rings is 1. The summed E-state index contributed by atoms with van der Waals surface area (Å²) in [7, 11) is -3.88. The van der Waals surface area contributed by atoms with E-state index < -0.39 is 39.6 Å². The number of nitrogens with zero attached hydrogens (tertiary/aromatic N) is 3. The van der Waals surface area contributed by atoms with E-state index >= 15 is 0 Å². The van der Waals surface area contributed by atoms with E-state index in [1.807, 2.05) is 0 Å². The fourth-order valence-electron chi connectivity index (χ4n) is 3.13. The van der Waals surface area contributed by atoms with Crippen LogP contribution >= 0.6 is 0 Å². The topological polar surface area (TPSA) is 144 Å². The molecule has 2 N–H and O–H groups in total. The van der Waals surface area contributed by atoms with Crippen LogP contribution in [0.2, 0.25) is 0 Å². The third-order valence-corrected chi connectivity index (χ3v) is 6.35. The first kappa shape index (κ1) is 22.1. The number of hydrogen-bond donors (Lipinski definition) is 2. The molecule has 1 saturated heterocycles. The molecule has 1 aliphatic heterocycles. The molecule has 3 amide bonds. The lowest BCUT2D eigenvalue weighted by Gasteiger charge is -2.15. The average Bonchev–Trinajstić information content (AvgIpc) is 3.36. The Kier molecular flexibility index (Phi) is 6.11. The van der Waals surface area contributed by atoms with Gasteiger partial charge in [-0.25, -0.2) is 22.3 Å². The minimum atomic E-state index is -3.88. The Morgan fingerprint density at radius 1 is 1.38 bits per heavy atom. The number of halogens is 1. The number of urea groups is 1. The normalized spacial score (nSPS) is 17.5. The van der Waals surface area contributed by atoms with E-state index in [2.05, 4.69) is 20.2 Å². The van der Waals surface area contributed by atoms with E-state index in [0.29, 0.717) is 18.1 Å². The largest absolute Gasteiger partial charge is 0.490 e. The van der Waals surface area contributed by atoms with Crippen LogP contribution in [0.15, 0.2) is 22.7 Å². The minimum Gasteiger partial charge on any atom is -0.490 e. The lowest BCUT2D eigenvalue weighted by molar-refractivity contribution is -0.118. The first-order valence-electron chi connectivity index (χ1n) is 10.0. The van der Waals surface area contributed by atoms with Crippen molar-refractivity contribution < 1.29 is 31.7 Å². The molecule has 2 aromatic rings. The molecule has 0 radical (unpaired) electrons. The smallest absolute Gasteiger partial charge is 0.324 e. The van der Waals surface area contributed by atoms with Gasteiger partial charge >= 0.3 is 6.03 Å². The van der Waals surface area contributed by atoms with Crippen LogP contribution in [0, 0.1) is 11.7 Å². The lowest BCUT2D eigenvalue weighted by atomic mass is 10.1. The summed E-state index contributed by atoms with van der Waals surface area (Å²) in [6.07, 6.45) is 2.14. The molecule has 1 aliphatic carbocycles. The number of nitrogens with one attached hydrogen (secondary N) is 2. The molecule has 4 rings (SSSR count). The maximum absolute atomic E-state index is 14.0. The van der Waals surface area contributed by atoms with Gasteiger partial charge in [0.15, 0.2) is 17.4 Å². The Bertz CT molecular complexity index is 1130. The second kappa shape index (κ2) is 8.82. The van der Waals surface area contributed by atoms with Crippen molar-refractivity contribution >= 4 is 22.0 Å². The van der Waals surface area contributed by atoms with Crippen LogP contribution in [0.4, 0.5) is 9.18 Å². The molecule has 2 fully saturated rings. The molecule has 32 heavy (non-hydrogen) atoms. The van der Waals surface area contributed by atoms with E-state index in [4.69, 9.17) is 9.26 Å². The summed E-state index contributed by atoms with van der Waals surface area (Å²) < 4.78 is 52.0. The highest BCUT2D eigenvalue weighted by molar-refractivity contribution is 7.88. The van der Waals surface area contributed by atoms with Crippen molar-refractivity contribution in [3.05, 3.63) is 41.3 Å². The summed E-state index contributed by atoms with van der Waals surface area (Å²) in [4.78, 5) is 27.9. The number of ether oxygens (including phenoxy) is 1. The number of imide groups is 1. The zero-order valence-corrected chi connectivity index (χ0v) is 18.0. The predicted molar refractivity (Wildman–Crippen MR) is 107 cm³/mol. The van der Waals surface area contributed by atoms with E-state index in [1.54, 1.807) is 6.92 Å². The van der Waals surface area contributed by atoms with Crippen molar-refractivity contribution in [3.8, 4) is 5.75 Å². The van der Waals surface area contributed by atoms with Gasteiger partial charge in [0.1, 0.15) is 12.3 Å². The van der Waals surface area contributed by atoms with Crippen LogP contribution < -0.4 is 14.8 Å². The van der Waals surface area contributed by atoms with Gasteiger partial charge in [0, 0.05) is 6.04 Å². The van der Waals surface area contributed by atoms with Gasteiger partial charge in [-0.3, -0.25) is 10.1 Å². The molecule has 1 aromatic heterocycles. The number of hydrogen-bond acceptors (Lipinski definition) is 8. The molecular formula is C19H22FN5O6S. The fourth-order valence-corrected chi connectivity index (χ4v) is 4.33. The molecule has 0 bridgehead atoms. The summed E-state index contributed by atoms with van der Waals surface area (Å²) in [5, 5.41) is 5.77. The molecule has 172 valence electrons. The molecule has 1 atom stereocenters. The summed E-state index contributed by atoms with van der Waals surface area (Å²) in [5.41, 5.74) is 0.539. The minimum absolute atomic E-state index is 0.0732. The highest BCUT2D eigenvalue weighted by Gasteiger charge is 2.29. The highest BCUT2D eigenvalue weighted by atomic mass is 32.2. The van der Waals surface area contributed by atoms with Crippen molar-refractivity contribution in [1.29, 1.82) is 0 Å². The van der Waals surface area contributed by atoms with Crippen LogP contribution in [0.3, 0.4) is 0 Å². The van der Waals surface area contributed by atoms with Gasteiger partial charge in [-0.2, -0.15) is 4.98 Å². The number of aromatic nitrogens is 2. The highest BCUT2D eigenvalue weighted by Crippen LogP contribution is 2.31. The number of rotatable bonds is 10. The molecule has 1 saturated carbocycles. The van der Waals surface area contributed by atoms with Gasteiger partial charge in [-0.15, -0.1) is 0 Å². The van der Waals surface area contributed by atoms with Crippen molar-refractivity contribution in [2.75, 3.05) is 13.2 Å². The van der Waals surface area contributed by atoms with Crippen LogP contribution in [0.1, 0.15) is 43.1 Å². The first-order chi connectivity index (χ1) is 15.2. The number of carbonyl (C=O) groups is 2. The van der Waals surface area contributed by atoms with Crippen LogP contribution in [0.5, 0.6) is 5.75 Å². The van der Waals surface area contributed by atoms with Crippen molar-refractivity contribution in [2.24, 2.45) is 5.92 Å². The number of amides is 3. The fraction of sp³-hybridized carbons (Fsp3) is 0.474. The SMILES string of the molecule is C[C@@H](NS(=O)(=O)Cc1nc(CN2CC(=O)NC2=O)no1)c1ccc(F)c(OCC2CC2)c1. The standard InChI is InChI=1S/C19H22FN5O6S/c1-11(13-4-5-14(20)15(6-13)30-9-12-2-3-12)24-32(28,29)10-18-21-16(23-31-18)7-25-8-17(26)22-19(25)27/h4-6,11-12,24H,2-3,7-10H2,1H3,(H,22,26,27)/t11-/m1/s1. The Labute approximate surface area is 183 Å². The van der Waals surface area contributed by atoms with Crippen LogP contribution in [-0.2, 0) is 27.1 Å². The molecule has 0 spiro atoms. The zero-order valence-electron chi connectivity index (χ0n) is 17.2. The van der Waals surface area contributed by atoms with E-state index in [-0.39, 0.29) is 30.6 Å². The summed E-state index contributed by atoms with van der Waals surface area (Å²) in [5.74, 6) is -1.08. The van der Waals surface area contributed by atoms with Gasteiger partial charge in [0.25, 0.3) is 0 Å². The second-order valence-corrected chi connectivity index (χ2v) is 9.61. The maximum atomic E-state index is 14.0.